The summed E-state index contributed by atoms with van der Waals surface area (Å²) in [6, 6.07) is 0. The van der Waals surface area contributed by atoms with Crippen LogP contribution in [0.3, 0.4) is 0 Å². The molecule has 0 spiro atoms. The van der Waals surface area contributed by atoms with Gasteiger partial charge in [0.2, 0.25) is 0 Å². The Labute approximate surface area is 122 Å². The van der Waals surface area contributed by atoms with Gasteiger partial charge in [-0.2, -0.15) is 0 Å². The van der Waals surface area contributed by atoms with Crippen molar-refractivity contribution in [1.29, 1.82) is 0 Å². The molecule has 0 aliphatic rings. The van der Waals surface area contributed by atoms with Crippen LogP contribution in [-0.4, -0.2) is 67.0 Å². The van der Waals surface area contributed by atoms with E-state index < -0.39 is 67.0 Å². The summed E-state index contributed by atoms with van der Waals surface area (Å²) >= 11 is -4.80. The molecule has 5 heteroatoms. The fraction of sp³-hybridized carbons (Fsp3) is 1.00. The quantitative estimate of drug-likeness (QED) is 0.333. The fourth-order valence-electron chi connectivity index (χ4n) is 1.07. The van der Waals surface area contributed by atoms with Gasteiger partial charge in [0.1, 0.15) is 0 Å². The summed E-state index contributed by atoms with van der Waals surface area (Å²) in [5.74, 6) is 0. The van der Waals surface area contributed by atoms with Crippen LogP contribution in [0.15, 0.2) is 0 Å². The summed E-state index contributed by atoms with van der Waals surface area (Å²) < 4.78 is 19.4. The van der Waals surface area contributed by atoms with Crippen LogP contribution in [0.2, 0.25) is 20.6 Å². The molecule has 0 aliphatic carbocycles. The van der Waals surface area contributed by atoms with Crippen LogP contribution in [0, 0.1) is 0 Å². The first-order valence-corrected chi connectivity index (χ1v) is 23.8. The van der Waals surface area contributed by atoms with Gasteiger partial charge in [-0.15, -0.1) is 0 Å². The topological polar surface area (TPSA) is 18.5 Å². The van der Waals surface area contributed by atoms with E-state index in [0.717, 1.165) is 0 Å². The molecule has 0 rings (SSSR count). The number of hydrogen-bond acceptors (Lipinski definition) is 2. The summed E-state index contributed by atoms with van der Waals surface area (Å²) in [4.78, 5) is 0. The van der Waals surface area contributed by atoms with Crippen molar-refractivity contribution in [3.8, 4) is 0 Å². The van der Waals surface area contributed by atoms with Gasteiger partial charge in [-0.05, 0) is 0 Å². The molecule has 0 saturated heterocycles. The molecule has 0 N–H and O–H groups in total. The molecule has 92 valence electrons. The van der Waals surface area contributed by atoms with Crippen molar-refractivity contribution in [2.75, 3.05) is 0 Å². The Kier molecular flexibility index (Phi) is 13.6. The zero-order chi connectivity index (χ0) is 11.7. The Morgan fingerprint density at radius 3 is 1.13 bits per heavy atom. The third-order valence-corrected chi connectivity index (χ3v) is 46.5. The molecular formula is C10H25Bi3O2. The van der Waals surface area contributed by atoms with E-state index in [2.05, 4.69) is 34.6 Å². The molecule has 0 unspecified atom stereocenters. The monoisotopic (exact) mass is 804 g/mol. The van der Waals surface area contributed by atoms with Crippen molar-refractivity contribution in [3.63, 3.8) is 0 Å². The average Bonchev–Trinajstić information content (AvgIpc) is 2.30. The molecule has 0 saturated carbocycles. The van der Waals surface area contributed by atoms with E-state index in [0.29, 0.717) is 0 Å². The van der Waals surface area contributed by atoms with Gasteiger partial charge in [-0.3, -0.25) is 0 Å². The molecule has 0 aliphatic heterocycles. The van der Waals surface area contributed by atoms with Crippen molar-refractivity contribution >= 4 is 67.0 Å². The van der Waals surface area contributed by atoms with Gasteiger partial charge in [0.25, 0.3) is 0 Å². The van der Waals surface area contributed by atoms with Crippen LogP contribution >= 0.6 is 0 Å². The van der Waals surface area contributed by atoms with Crippen molar-refractivity contribution in [3.05, 3.63) is 0 Å². The van der Waals surface area contributed by atoms with E-state index in [9.17, 15) is 0 Å². The standard InChI is InChI=1S/5C2H5.3Bi.2O/c5*1-2;;;;;/h5*1H2,2H3;;;;;. The van der Waals surface area contributed by atoms with Gasteiger partial charge in [-0.1, -0.05) is 0 Å². The number of hydrogen-bond donors (Lipinski definition) is 0. The predicted octanol–water partition coefficient (Wildman–Crippen LogP) is 3.59. The first-order valence-electron chi connectivity index (χ1n) is 5.85. The van der Waals surface area contributed by atoms with Crippen molar-refractivity contribution in [2.24, 2.45) is 0 Å². The summed E-state index contributed by atoms with van der Waals surface area (Å²) in [6.07, 6.45) is 0. The van der Waals surface area contributed by atoms with Gasteiger partial charge in [0.05, 0.1) is 0 Å². The summed E-state index contributed by atoms with van der Waals surface area (Å²) in [7, 11) is 0. The molecule has 0 amide bonds. The zero-order valence-corrected chi connectivity index (χ0v) is 21.1. The Hall–Kier alpha value is 2.57. The van der Waals surface area contributed by atoms with Crippen LogP contribution in [0.5, 0.6) is 0 Å². The predicted molar refractivity (Wildman–Crippen MR) is 71.8 cm³/mol. The summed E-state index contributed by atoms with van der Waals surface area (Å²) in [6.45, 7) is 11.5. The van der Waals surface area contributed by atoms with Crippen molar-refractivity contribution < 1.29 is 1.78 Å². The molecule has 0 bridgehead atoms. The average molecular weight is 804 g/mol. The third-order valence-electron chi connectivity index (χ3n) is 2.08. The Morgan fingerprint density at radius 2 is 0.933 bits per heavy atom. The van der Waals surface area contributed by atoms with E-state index in [4.69, 9.17) is 1.78 Å². The zero-order valence-electron chi connectivity index (χ0n) is 10.7. The number of rotatable bonds is 9. The minimum absolute atomic E-state index is 1.24. The summed E-state index contributed by atoms with van der Waals surface area (Å²) in [5, 5.41) is 0. The first-order chi connectivity index (χ1) is 7.21. The molecule has 0 fully saturated rings. The normalized spacial score (nSPS) is 12.0. The first kappa shape index (κ1) is 17.6. The molecule has 0 aromatic carbocycles. The van der Waals surface area contributed by atoms with Gasteiger partial charge in [-0.25, -0.2) is 0 Å². The second kappa shape index (κ2) is 11.6. The Balaban J connectivity index is 4.00. The molecule has 0 heterocycles. The Bertz CT molecular complexity index is 125. The maximum atomic E-state index is 6.37. The fourth-order valence-corrected chi connectivity index (χ4v) is 60.5. The van der Waals surface area contributed by atoms with Gasteiger partial charge in [0.15, 0.2) is 0 Å². The van der Waals surface area contributed by atoms with Crippen LogP contribution in [0.1, 0.15) is 34.6 Å². The van der Waals surface area contributed by atoms with E-state index >= 15 is 0 Å². The van der Waals surface area contributed by atoms with E-state index in [1.807, 2.05) is 0 Å². The molecule has 2 nitrogen and oxygen atoms in total. The van der Waals surface area contributed by atoms with E-state index in [1.54, 1.807) is 0 Å². The van der Waals surface area contributed by atoms with E-state index in [-0.39, 0.29) is 0 Å². The molecule has 0 aromatic rings. The second-order valence-corrected chi connectivity index (χ2v) is 37.8. The van der Waals surface area contributed by atoms with Gasteiger partial charge in [0, 0.05) is 0 Å². The van der Waals surface area contributed by atoms with Crippen LogP contribution in [0.4, 0.5) is 0 Å². The van der Waals surface area contributed by atoms with Crippen LogP contribution < -0.4 is 0 Å². The minimum atomic E-state index is -1.86. The molecule has 0 radical (unpaired) electrons. The molecule has 0 atom stereocenters. The van der Waals surface area contributed by atoms with Gasteiger partial charge < -0.3 is 0 Å². The van der Waals surface area contributed by atoms with Crippen molar-refractivity contribution in [1.82, 2.24) is 0 Å². The summed E-state index contributed by atoms with van der Waals surface area (Å²) in [5.41, 5.74) is 0. The second-order valence-electron chi connectivity index (χ2n) is 3.04. The third kappa shape index (κ3) is 8.31. The molecular weight excluding hydrogens is 779 g/mol. The molecule has 15 heavy (non-hydrogen) atoms. The maximum absolute atomic E-state index is 6.37. The Morgan fingerprint density at radius 1 is 0.600 bits per heavy atom. The van der Waals surface area contributed by atoms with Crippen LogP contribution in [0.25, 0.3) is 0 Å². The van der Waals surface area contributed by atoms with Crippen LogP contribution in [-0.2, 0) is 1.78 Å². The van der Waals surface area contributed by atoms with Gasteiger partial charge >= 0.3 is 124 Å². The van der Waals surface area contributed by atoms with Crippen molar-refractivity contribution in [2.45, 2.75) is 55.3 Å². The molecule has 0 aromatic heterocycles. The van der Waals surface area contributed by atoms with E-state index in [1.165, 1.54) is 20.6 Å². The SMILES string of the molecule is C[CH2][Bi]([CH2]C)[O][Bi]([CH2]C)[O][Bi]([CH2]C)[CH2]C.